The number of carbonyl (C=O) groups excluding carboxylic acids is 3. The summed E-state index contributed by atoms with van der Waals surface area (Å²) in [6, 6.07) is 7.18. The lowest BCUT2D eigenvalue weighted by molar-refractivity contribution is -0.134. The molecule has 1 aliphatic rings. The fourth-order valence-electron chi connectivity index (χ4n) is 3.51. The Morgan fingerprint density at radius 1 is 1.27 bits per heavy atom. The van der Waals surface area contributed by atoms with Gasteiger partial charge in [-0.1, -0.05) is 0 Å². The van der Waals surface area contributed by atoms with Crippen molar-refractivity contribution in [3.63, 3.8) is 0 Å². The molecule has 0 radical (unpaired) electrons. The summed E-state index contributed by atoms with van der Waals surface area (Å²) in [7, 11) is 3.59. The second kappa shape index (κ2) is 7.97. The maximum absolute atomic E-state index is 12.2. The van der Waals surface area contributed by atoms with Gasteiger partial charge in [0.05, 0.1) is 29.4 Å². The lowest BCUT2D eigenvalue weighted by atomic mass is 9.93. The third kappa shape index (κ3) is 4.02. The van der Waals surface area contributed by atoms with Gasteiger partial charge >= 0.3 is 0 Å². The molecule has 1 saturated heterocycles. The molecular formula is C20H22N6O4. The molecule has 2 aromatic heterocycles. The van der Waals surface area contributed by atoms with E-state index >= 15 is 0 Å². The second-order valence-electron chi connectivity index (χ2n) is 7.24. The number of hydrogen-bond donors (Lipinski definition) is 2. The van der Waals surface area contributed by atoms with Crippen LogP contribution in [0.5, 0.6) is 5.75 Å². The van der Waals surface area contributed by atoms with E-state index in [4.69, 9.17) is 4.74 Å². The van der Waals surface area contributed by atoms with E-state index < -0.39 is 5.92 Å². The summed E-state index contributed by atoms with van der Waals surface area (Å²) in [4.78, 5) is 35.7. The first kappa shape index (κ1) is 19.6. The van der Waals surface area contributed by atoms with Gasteiger partial charge in [0.25, 0.3) is 5.91 Å². The molecule has 1 aromatic carbocycles. The zero-order valence-corrected chi connectivity index (χ0v) is 16.7. The highest BCUT2D eigenvalue weighted by atomic mass is 16.5. The van der Waals surface area contributed by atoms with Gasteiger partial charge in [0.1, 0.15) is 5.75 Å². The zero-order valence-electron chi connectivity index (χ0n) is 16.7. The molecule has 1 unspecified atom stereocenters. The number of rotatable bonds is 6. The number of nitrogens with one attached hydrogen (secondary N) is 2. The molecule has 30 heavy (non-hydrogen) atoms. The van der Waals surface area contributed by atoms with E-state index in [-0.39, 0.29) is 24.3 Å². The number of ether oxygens (including phenoxy) is 1. The Morgan fingerprint density at radius 3 is 2.83 bits per heavy atom. The number of aryl methyl sites for hydroxylation is 2. The monoisotopic (exact) mass is 410 g/mol. The van der Waals surface area contributed by atoms with Crippen LogP contribution in [0.1, 0.15) is 30.1 Å². The average Bonchev–Trinajstić information content (AvgIpc) is 3.28. The molecule has 2 N–H and O–H groups in total. The van der Waals surface area contributed by atoms with Crippen LogP contribution in [0.25, 0.3) is 10.9 Å². The molecule has 4 rings (SSSR count). The molecule has 0 spiro atoms. The highest BCUT2D eigenvalue weighted by Crippen LogP contribution is 2.31. The Morgan fingerprint density at radius 2 is 2.10 bits per heavy atom. The first-order valence-electron chi connectivity index (χ1n) is 9.59. The van der Waals surface area contributed by atoms with Crippen molar-refractivity contribution in [3.05, 3.63) is 41.9 Å². The van der Waals surface area contributed by atoms with E-state index in [0.717, 1.165) is 16.6 Å². The number of amides is 3. The predicted molar refractivity (Wildman–Crippen MR) is 106 cm³/mol. The van der Waals surface area contributed by atoms with Crippen molar-refractivity contribution >= 4 is 28.6 Å². The topological polar surface area (TPSA) is 120 Å². The van der Waals surface area contributed by atoms with Crippen LogP contribution >= 0.6 is 0 Å². The molecule has 10 heteroatoms. The largest absolute Gasteiger partial charge is 0.484 e. The first-order valence-corrected chi connectivity index (χ1v) is 9.59. The third-order valence-electron chi connectivity index (χ3n) is 5.03. The number of benzene rings is 1. The molecular weight excluding hydrogens is 388 g/mol. The van der Waals surface area contributed by atoms with Gasteiger partial charge in [-0.15, -0.1) is 0 Å². The van der Waals surface area contributed by atoms with Gasteiger partial charge in [-0.2, -0.15) is 10.2 Å². The minimum atomic E-state index is -0.462. The molecule has 1 aliphatic heterocycles. The van der Waals surface area contributed by atoms with Gasteiger partial charge in [-0.05, 0) is 24.6 Å². The van der Waals surface area contributed by atoms with E-state index in [2.05, 4.69) is 20.8 Å². The smallest absolute Gasteiger partial charge is 0.258 e. The maximum atomic E-state index is 12.2. The normalized spacial score (nSPS) is 16.5. The van der Waals surface area contributed by atoms with Crippen molar-refractivity contribution in [2.45, 2.75) is 25.3 Å². The minimum Gasteiger partial charge on any atom is -0.484 e. The Hall–Kier alpha value is -3.69. The minimum absolute atomic E-state index is 0.129. The van der Waals surface area contributed by atoms with Crippen LogP contribution in [0.4, 0.5) is 0 Å². The van der Waals surface area contributed by atoms with Crippen LogP contribution in [0, 0.1) is 0 Å². The van der Waals surface area contributed by atoms with Gasteiger partial charge in [0.2, 0.25) is 11.8 Å². The van der Waals surface area contributed by atoms with Crippen molar-refractivity contribution in [3.8, 4) is 5.75 Å². The molecule has 10 nitrogen and oxygen atoms in total. The second-order valence-corrected chi connectivity index (χ2v) is 7.24. The Kier molecular flexibility index (Phi) is 5.21. The Balaban J connectivity index is 1.42. The van der Waals surface area contributed by atoms with Crippen LogP contribution in [0.2, 0.25) is 0 Å². The van der Waals surface area contributed by atoms with E-state index in [1.165, 1.54) is 0 Å². The Bertz CT molecular complexity index is 1130. The number of nitrogens with zero attached hydrogens (tertiary/aromatic N) is 4. The maximum Gasteiger partial charge on any atom is 0.258 e. The number of fused-ring (bicyclic) bond motifs is 1. The van der Waals surface area contributed by atoms with Gasteiger partial charge in [-0.3, -0.25) is 29.1 Å². The van der Waals surface area contributed by atoms with Crippen LogP contribution in [0.15, 0.2) is 30.5 Å². The van der Waals surface area contributed by atoms with Gasteiger partial charge in [0, 0.05) is 38.2 Å². The fourth-order valence-corrected chi connectivity index (χ4v) is 3.51. The van der Waals surface area contributed by atoms with E-state index in [1.807, 2.05) is 25.4 Å². The first-order chi connectivity index (χ1) is 14.4. The average molecular weight is 410 g/mol. The van der Waals surface area contributed by atoms with Crippen molar-refractivity contribution in [2.24, 2.45) is 14.1 Å². The molecule has 0 bridgehead atoms. The van der Waals surface area contributed by atoms with Gasteiger partial charge in [0.15, 0.2) is 6.61 Å². The van der Waals surface area contributed by atoms with Crippen molar-refractivity contribution < 1.29 is 19.1 Å². The van der Waals surface area contributed by atoms with Crippen LogP contribution in [0.3, 0.4) is 0 Å². The van der Waals surface area contributed by atoms with Crippen molar-refractivity contribution in [1.82, 2.24) is 30.2 Å². The van der Waals surface area contributed by atoms with Crippen LogP contribution < -0.4 is 15.4 Å². The summed E-state index contributed by atoms with van der Waals surface area (Å²) in [5.74, 6) is -0.775. The van der Waals surface area contributed by atoms with E-state index in [1.54, 1.807) is 28.5 Å². The number of hydrogen-bond acceptors (Lipinski definition) is 6. The van der Waals surface area contributed by atoms with E-state index in [9.17, 15) is 14.4 Å². The van der Waals surface area contributed by atoms with E-state index in [0.29, 0.717) is 30.8 Å². The number of aromatic nitrogens is 4. The van der Waals surface area contributed by atoms with Crippen LogP contribution in [-0.2, 0) is 35.0 Å². The predicted octanol–water partition coefficient (Wildman–Crippen LogP) is 0.522. The highest BCUT2D eigenvalue weighted by Gasteiger charge is 2.31. The SMILES string of the molecule is Cn1ccc(CNC(=O)COc2ccc3c(C4CCC(=O)NC4=O)nn(C)c3c2)n1. The molecule has 1 atom stereocenters. The summed E-state index contributed by atoms with van der Waals surface area (Å²) in [6.07, 6.45) is 2.54. The van der Waals surface area contributed by atoms with Gasteiger partial charge < -0.3 is 10.1 Å². The van der Waals surface area contributed by atoms with Crippen LogP contribution in [-0.4, -0.2) is 43.9 Å². The molecule has 3 heterocycles. The summed E-state index contributed by atoms with van der Waals surface area (Å²) in [5.41, 5.74) is 2.18. The number of piperidine rings is 1. The standard InChI is InChI=1S/C20H22N6O4/c1-25-8-7-12(23-25)10-21-18(28)11-30-13-3-4-14-16(9-13)26(2)24-19(14)15-5-6-17(27)22-20(15)29/h3-4,7-9,15H,5-6,10-11H2,1-2H3,(H,21,28)(H,22,27,29). The third-order valence-corrected chi connectivity index (χ3v) is 5.03. The van der Waals surface area contributed by atoms with Crippen molar-refractivity contribution in [1.29, 1.82) is 0 Å². The lowest BCUT2D eigenvalue weighted by Crippen LogP contribution is -2.39. The summed E-state index contributed by atoms with van der Waals surface area (Å²) in [5, 5.41) is 14.6. The molecule has 3 aromatic rings. The zero-order chi connectivity index (χ0) is 21.3. The Labute approximate surface area is 172 Å². The molecule has 0 saturated carbocycles. The van der Waals surface area contributed by atoms with Crippen molar-refractivity contribution in [2.75, 3.05) is 6.61 Å². The fraction of sp³-hybridized carbons (Fsp3) is 0.350. The quantitative estimate of drug-likeness (QED) is 0.572. The number of carbonyl (C=O) groups is 3. The van der Waals surface area contributed by atoms with Gasteiger partial charge in [-0.25, -0.2) is 0 Å². The summed E-state index contributed by atoms with van der Waals surface area (Å²) in [6.45, 7) is 0.204. The molecule has 1 fully saturated rings. The molecule has 0 aliphatic carbocycles. The summed E-state index contributed by atoms with van der Waals surface area (Å²) >= 11 is 0. The number of imide groups is 1. The molecule has 3 amide bonds. The highest BCUT2D eigenvalue weighted by molar-refractivity contribution is 6.02. The molecule has 156 valence electrons. The lowest BCUT2D eigenvalue weighted by Gasteiger charge is -2.19. The summed E-state index contributed by atoms with van der Waals surface area (Å²) < 4.78 is 8.95.